The number of hydrogen-bond donors (Lipinski definition) is 0. The molecule has 0 saturated carbocycles. The van der Waals surface area contributed by atoms with Crippen molar-refractivity contribution in [1.29, 1.82) is 0 Å². The summed E-state index contributed by atoms with van der Waals surface area (Å²) in [6, 6.07) is 9.89. The van der Waals surface area contributed by atoms with Gasteiger partial charge in [-0.3, -0.25) is 4.90 Å². The molecule has 0 bridgehead atoms. The van der Waals surface area contributed by atoms with Crippen molar-refractivity contribution in [3.05, 3.63) is 57.9 Å². The molecule has 5 rings (SSSR count). The Hall–Kier alpha value is -2.64. The van der Waals surface area contributed by atoms with E-state index < -0.39 is 0 Å². The summed E-state index contributed by atoms with van der Waals surface area (Å²) in [6.45, 7) is 4.78. The van der Waals surface area contributed by atoms with Crippen molar-refractivity contribution in [2.45, 2.75) is 38.8 Å². The maximum Gasteiger partial charge on any atom is 0.228 e. The lowest BCUT2D eigenvalue weighted by Crippen LogP contribution is -2.34. The number of benzene rings is 1. The lowest BCUT2D eigenvalue weighted by Gasteiger charge is -2.31. The Bertz CT molecular complexity index is 1000. The van der Waals surface area contributed by atoms with Crippen LogP contribution in [0.15, 0.2) is 41.1 Å². The van der Waals surface area contributed by atoms with Gasteiger partial charge in [-0.1, -0.05) is 0 Å². The Balaban J connectivity index is 1.45. The van der Waals surface area contributed by atoms with Gasteiger partial charge in [-0.05, 0) is 65.9 Å². The molecule has 2 aromatic heterocycles. The first kappa shape index (κ1) is 20.3. The van der Waals surface area contributed by atoms with Gasteiger partial charge < -0.3 is 14.4 Å². The number of nitrogens with zero attached hydrogens (tertiary/aromatic N) is 4. The summed E-state index contributed by atoms with van der Waals surface area (Å²) < 4.78 is 11.6. The van der Waals surface area contributed by atoms with Crippen LogP contribution in [-0.2, 0) is 19.5 Å². The van der Waals surface area contributed by atoms with Gasteiger partial charge in [-0.2, -0.15) is 16.3 Å². The number of anilines is 1. The molecule has 3 aromatic rings. The quantitative estimate of drug-likeness (QED) is 0.549. The van der Waals surface area contributed by atoms with E-state index in [1.165, 1.54) is 24.8 Å². The van der Waals surface area contributed by atoms with E-state index in [0.717, 1.165) is 67.8 Å². The average molecular weight is 437 g/mol. The van der Waals surface area contributed by atoms with E-state index in [0.29, 0.717) is 5.88 Å². The smallest absolute Gasteiger partial charge is 0.228 e. The van der Waals surface area contributed by atoms with Gasteiger partial charge in [0.05, 0.1) is 18.4 Å². The van der Waals surface area contributed by atoms with Crippen molar-refractivity contribution < 1.29 is 9.47 Å². The molecule has 0 amide bonds. The summed E-state index contributed by atoms with van der Waals surface area (Å²) in [5.74, 6) is 3.08. The van der Waals surface area contributed by atoms with Crippen molar-refractivity contribution in [2.75, 3.05) is 31.6 Å². The Morgan fingerprint density at radius 1 is 0.968 bits per heavy atom. The van der Waals surface area contributed by atoms with E-state index in [1.807, 2.05) is 24.3 Å². The normalized spacial score (nSPS) is 16.7. The number of ether oxygens (including phenoxy) is 2. The van der Waals surface area contributed by atoms with Crippen LogP contribution in [0, 0.1) is 0 Å². The summed E-state index contributed by atoms with van der Waals surface area (Å²) in [5.41, 5.74) is 3.59. The zero-order valence-corrected chi connectivity index (χ0v) is 18.7. The van der Waals surface area contributed by atoms with E-state index in [1.54, 1.807) is 18.4 Å². The molecule has 2 aliphatic rings. The minimum atomic E-state index is 0.686. The van der Waals surface area contributed by atoms with Crippen LogP contribution in [0.5, 0.6) is 17.4 Å². The lowest BCUT2D eigenvalue weighted by atomic mass is 10.1. The van der Waals surface area contributed by atoms with Crippen LogP contribution in [0.2, 0.25) is 0 Å². The largest absolute Gasteiger partial charge is 0.497 e. The summed E-state index contributed by atoms with van der Waals surface area (Å²) in [4.78, 5) is 14.7. The van der Waals surface area contributed by atoms with E-state index in [-0.39, 0.29) is 0 Å². The maximum atomic E-state index is 6.33. The van der Waals surface area contributed by atoms with Gasteiger partial charge in [0.15, 0.2) is 0 Å². The standard InChI is InChI=1S/C24H28N4O2S/c1-29-19-5-7-20(8-6-19)30-23-21-16-27(15-18-10-14-31-17-18)13-9-22(21)25-24(26-23)28-11-3-2-4-12-28/h5-8,10,14,17H,2-4,9,11-13,15-16H2,1H3. The molecule has 2 aliphatic heterocycles. The third-order valence-electron chi connectivity index (χ3n) is 5.99. The number of methoxy groups -OCH3 is 1. The molecule has 0 atom stereocenters. The summed E-state index contributed by atoms with van der Waals surface area (Å²) >= 11 is 1.75. The zero-order chi connectivity index (χ0) is 21.0. The molecule has 0 aliphatic carbocycles. The summed E-state index contributed by atoms with van der Waals surface area (Å²) in [6.07, 6.45) is 4.60. The number of thiophene rings is 1. The highest BCUT2D eigenvalue weighted by atomic mass is 32.1. The molecular formula is C24H28N4O2S. The lowest BCUT2D eigenvalue weighted by molar-refractivity contribution is 0.238. The topological polar surface area (TPSA) is 50.7 Å². The summed E-state index contributed by atoms with van der Waals surface area (Å²) in [7, 11) is 1.67. The fourth-order valence-corrected chi connectivity index (χ4v) is 4.94. The third-order valence-corrected chi connectivity index (χ3v) is 6.72. The second kappa shape index (κ2) is 9.24. The molecule has 162 valence electrons. The molecule has 31 heavy (non-hydrogen) atoms. The Morgan fingerprint density at radius 2 is 1.77 bits per heavy atom. The average Bonchev–Trinajstić information content (AvgIpc) is 3.33. The van der Waals surface area contributed by atoms with Crippen LogP contribution < -0.4 is 14.4 Å². The minimum Gasteiger partial charge on any atom is -0.497 e. The fraction of sp³-hybridized carbons (Fsp3) is 0.417. The van der Waals surface area contributed by atoms with Gasteiger partial charge in [0.2, 0.25) is 11.8 Å². The fourth-order valence-electron chi connectivity index (χ4n) is 4.28. The van der Waals surface area contributed by atoms with E-state index in [4.69, 9.17) is 19.4 Å². The number of hydrogen-bond acceptors (Lipinski definition) is 7. The van der Waals surface area contributed by atoms with E-state index >= 15 is 0 Å². The molecule has 1 aromatic carbocycles. The van der Waals surface area contributed by atoms with Crippen LogP contribution in [0.3, 0.4) is 0 Å². The summed E-state index contributed by atoms with van der Waals surface area (Å²) in [5, 5.41) is 4.36. The number of aromatic nitrogens is 2. The molecule has 1 saturated heterocycles. The van der Waals surface area contributed by atoms with Crippen LogP contribution in [0.1, 0.15) is 36.1 Å². The van der Waals surface area contributed by atoms with Crippen molar-refractivity contribution in [1.82, 2.24) is 14.9 Å². The van der Waals surface area contributed by atoms with Gasteiger partial charge in [-0.15, -0.1) is 0 Å². The second-order valence-electron chi connectivity index (χ2n) is 8.17. The van der Waals surface area contributed by atoms with E-state index in [9.17, 15) is 0 Å². The molecule has 7 heteroatoms. The van der Waals surface area contributed by atoms with Crippen LogP contribution in [0.4, 0.5) is 5.95 Å². The van der Waals surface area contributed by atoms with Gasteiger partial charge in [0.1, 0.15) is 11.5 Å². The van der Waals surface area contributed by atoms with E-state index in [2.05, 4.69) is 26.6 Å². The number of rotatable bonds is 6. The molecular weight excluding hydrogens is 408 g/mol. The van der Waals surface area contributed by atoms with Gasteiger partial charge >= 0.3 is 0 Å². The Morgan fingerprint density at radius 3 is 2.52 bits per heavy atom. The SMILES string of the molecule is COc1ccc(Oc2nc(N3CCCCC3)nc3c2CN(Cc2ccsc2)CC3)cc1. The second-order valence-corrected chi connectivity index (χ2v) is 8.95. The molecule has 4 heterocycles. The molecule has 0 unspecified atom stereocenters. The highest BCUT2D eigenvalue weighted by Gasteiger charge is 2.26. The molecule has 1 fully saturated rings. The Labute approximate surface area is 187 Å². The molecule has 6 nitrogen and oxygen atoms in total. The first-order valence-corrected chi connectivity index (χ1v) is 11.9. The minimum absolute atomic E-state index is 0.686. The van der Waals surface area contributed by atoms with Crippen molar-refractivity contribution in [3.63, 3.8) is 0 Å². The third kappa shape index (κ3) is 4.67. The van der Waals surface area contributed by atoms with Gasteiger partial charge in [0, 0.05) is 39.1 Å². The zero-order valence-electron chi connectivity index (χ0n) is 17.9. The predicted molar refractivity (Wildman–Crippen MR) is 123 cm³/mol. The molecule has 0 spiro atoms. The predicted octanol–water partition coefficient (Wildman–Crippen LogP) is 4.89. The van der Waals surface area contributed by atoms with Gasteiger partial charge in [0.25, 0.3) is 0 Å². The van der Waals surface area contributed by atoms with Crippen molar-refractivity contribution in [2.24, 2.45) is 0 Å². The number of fused-ring (bicyclic) bond motifs is 1. The van der Waals surface area contributed by atoms with Crippen LogP contribution in [-0.4, -0.2) is 41.6 Å². The number of piperidine rings is 1. The highest BCUT2D eigenvalue weighted by Crippen LogP contribution is 2.33. The molecule has 0 radical (unpaired) electrons. The van der Waals surface area contributed by atoms with Crippen LogP contribution in [0.25, 0.3) is 0 Å². The van der Waals surface area contributed by atoms with Crippen LogP contribution >= 0.6 is 11.3 Å². The van der Waals surface area contributed by atoms with Gasteiger partial charge in [-0.25, -0.2) is 4.98 Å². The first-order valence-electron chi connectivity index (χ1n) is 11.0. The monoisotopic (exact) mass is 436 g/mol. The maximum absolute atomic E-state index is 6.33. The van der Waals surface area contributed by atoms with Crippen molar-refractivity contribution in [3.8, 4) is 17.4 Å². The highest BCUT2D eigenvalue weighted by molar-refractivity contribution is 7.07. The van der Waals surface area contributed by atoms with Crippen molar-refractivity contribution >= 4 is 17.3 Å². The molecule has 0 N–H and O–H groups in total. The Kier molecular flexibility index (Phi) is 6.04. The first-order chi connectivity index (χ1) is 15.3.